The van der Waals surface area contributed by atoms with Gasteiger partial charge >= 0.3 is 0 Å². The first-order valence-corrected chi connectivity index (χ1v) is 7.88. The van der Waals surface area contributed by atoms with E-state index in [0.29, 0.717) is 18.0 Å². The number of fused-ring (bicyclic) bond motifs is 1. The van der Waals surface area contributed by atoms with Gasteiger partial charge in [-0.3, -0.25) is 14.8 Å². The fraction of sp³-hybridized carbons (Fsp3) is 0.211. The van der Waals surface area contributed by atoms with Crippen molar-refractivity contribution in [1.29, 1.82) is 0 Å². The van der Waals surface area contributed by atoms with Gasteiger partial charge in [-0.15, -0.1) is 0 Å². The molecular formula is C19H17N3O. The zero-order valence-corrected chi connectivity index (χ0v) is 12.7. The Balaban J connectivity index is 1.65. The van der Waals surface area contributed by atoms with Crippen molar-refractivity contribution >= 4 is 16.8 Å². The van der Waals surface area contributed by atoms with Crippen LogP contribution in [0.1, 0.15) is 40.4 Å². The average Bonchev–Trinajstić information content (AvgIpc) is 3.45. The molecule has 0 unspecified atom stereocenters. The monoisotopic (exact) mass is 303 g/mol. The first-order valence-electron chi connectivity index (χ1n) is 7.88. The molecule has 3 aromatic rings. The van der Waals surface area contributed by atoms with Crippen LogP contribution in [0.5, 0.6) is 0 Å². The standard InChI is InChI=1S/C19H17N3O/c23-19(21-12-13-4-3-9-20-11-13)16-10-18(14-7-8-14)22-17-6-2-1-5-15(16)17/h1-6,9-11,14H,7-8,12H2,(H,21,23). The van der Waals surface area contributed by atoms with Crippen molar-refractivity contribution in [2.75, 3.05) is 0 Å². The fourth-order valence-electron chi connectivity index (χ4n) is 2.75. The van der Waals surface area contributed by atoms with Crippen molar-refractivity contribution in [1.82, 2.24) is 15.3 Å². The number of amides is 1. The second kappa shape index (κ2) is 5.80. The van der Waals surface area contributed by atoms with E-state index in [1.54, 1.807) is 12.4 Å². The summed E-state index contributed by atoms with van der Waals surface area (Å²) in [5.74, 6) is 0.457. The van der Waals surface area contributed by atoms with Gasteiger partial charge in [0.05, 0.1) is 11.1 Å². The van der Waals surface area contributed by atoms with E-state index in [4.69, 9.17) is 4.98 Å². The molecule has 2 aromatic heterocycles. The van der Waals surface area contributed by atoms with Gasteiger partial charge in [-0.05, 0) is 36.6 Å². The molecule has 4 heteroatoms. The minimum Gasteiger partial charge on any atom is -0.348 e. The van der Waals surface area contributed by atoms with E-state index < -0.39 is 0 Å². The van der Waals surface area contributed by atoms with Gasteiger partial charge in [-0.25, -0.2) is 0 Å². The van der Waals surface area contributed by atoms with Crippen molar-refractivity contribution in [3.05, 3.63) is 71.7 Å². The van der Waals surface area contributed by atoms with E-state index in [9.17, 15) is 4.79 Å². The largest absolute Gasteiger partial charge is 0.348 e. The lowest BCUT2D eigenvalue weighted by atomic mass is 10.1. The van der Waals surface area contributed by atoms with Crippen molar-refractivity contribution < 1.29 is 4.79 Å². The molecular weight excluding hydrogens is 286 g/mol. The second-order valence-corrected chi connectivity index (χ2v) is 5.93. The number of nitrogens with one attached hydrogen (secondary N) is 1. The topological polar surface area (TPSA) is 54.9 Å². The lowest BCUT2D eigenvalue weighted by Gasteiger charge is -2.10. The van der Waals surface area contributed by atoms with E-state index in [1.807, 2.05) is 42.5 Å². The lowest BCUT2D eigenvalue weighted by Crippen LogP contribution is -2.23. The number of aromatic nitrogens is 2. The lowest BCUT2D eigenvalue weighted by molar-refractivity contribution is 0.0952. The van der Waals surface area contributed by atoms with Crippen LogP contribution in [0.4, 0.5) is 0 Å². The number of pyridine rings is 2. The Kier molecular flexibility index (Phi) is 3.50. The Labute approximate surface area is 134 Å². The van der Waals surface area contributed by atoms with E-state index in [1.165, 1.54) is 12.8 Å². The third kappa shape index (κ3) is 2.93. The molecule has 0 radical (unpaired) electrons. The highest BCUT2D eigenvalue weighted by Gasteiger charge is 2.26. The molecule has 4 nitrogen and oxygen atoms in total. The third-order valence-corrected chi connectivity index (χ3v) is 4.15. The summed E-state index contributed by atoms with van der Waals surface area (Å²) in [6.45, 7) is 0.474. The number of hydrogen-bond acceptors (Lipinski definition) is 3. The molecule has 1 fully saturated rings. The summed E-state index contributed by atoms with van der Waals surface area (Å²) in [7, 11) is 0. The van der Waals surface area contributed by atoms with E-state index in [2.05, 4.69) is 10.3 Å². The van der Waals surface area contributed by atoms with Crippen LogP contribution in [-0.4, -0.2) is 15.9 Å². The molecule has 1 aliphatic carbocycles. The van der Waals surface area contributed by atoms with Crippen LogP contribution in [0.15, 0.2) is 54.9 Å². The van der Waals surface area contributed by atoms with Gasteiger partial charge in [0.15, 0.2) is 0 Å². The Bertz CT molecular complexity index is 857. The van der Waals surface area contributed by atoms with Gasteiger partial charge in [0.25, 0.3) is 5.91 Å². The van der Waals surface area contributed by atoms with Gasteiger partial charge in [-0.1, -0.05) is 24.3 Å². The molecule has 2 heterocycles. The molecule has 0 atom stereocenters. The Morgan fingerprint density at radius 3 is 2.83 bits per heavy atom. The molecule has 1 aliphatic rings. The maximum atomic E-state index is 12.7. The van der Waals surface area contributed by atoms with Gasteiger partial charge in [0.1, 0.15) is 0 Å². The Morgan fingerprint density at radius 2 is 2.04 bits per heavy atom. The molecule has 1 aromatic carbocycles. The van der Waals surface area contributed by atoms with Gasteiger partial charge in [0, 0.05) is 35.9 Å². The first kappa shape index (κ1) is 13.9. The van der Waals surface area contributed by atoms with Crippen LogP contribution in [0.25, 0.3) is 10.9 Å². The fourth-order valence-corrected chi connectivity index (χ4v) is 2.75. The minimum atomic E-state index is -0.0608. The SMILES string of the molecule is O=C(NCc1cccnc1)c1cc(C2CC2)nc2ccccc12. The molecule has 0 spiro atoms. The average molecular weight is 303 g/mol. The molecule has 0 bridgehead atoms. The molecule has 0 aliphatic heterocycles. The summed E-state index contributed by atoms with van der Waals surface area (Å²) in [4.78, 5) is 21.4. The van der Waals surface area contributed by atoms with Gasteiger partial charge in [0.2, 0.25) is 0 Å². The molecule has 0 saturated heterocycles. The number of carbonyl (C=O) groups excluding carboxylic acids is 1. The maximum absolute atomic E-state index is 12.7. The molecule has 23 heavy (non-hydrogen) atoms. The number of hydrogen-bond donors (Lipinski definition) is 1. The quantitative estimate of drug-likeness (QED) is 0.803. The Hall–Kier alpha value is -2.75. The normalized spacial score (nSPS) is 13.9. The van der Waals surface area contributed by atoms with Crippen LogP contribution in [-0.2, 0) is 6.54 Å². The van der Waals surface area contributed by atoms with Crippen molar-refractivity contribution in [3.8, 4) is 0 Å². The molecule has 4 rings (SSSR count). The van der Waals surface area contributed by atoms with Crippen LogP contribution >= 0.6 is 0 Å². The second-order valence-electron chi connectivity index (χ2n) is 5.93. The highest BCUT2D eigenvalue weighted by Crippen LogP contribution is 2.40. The van der Waals surface area contributed by atoms with Crippen LogP contribution < -0.4 is 5.32 Å². The van der Waals surface area contributed by atoms with Gasteiger partial charge < -0.3 is 5.32 Å². The molecule has 1 N–H and O–H groups in total. The smallest absolute Gasteiger partial charge is 0.252 e. The highest BCUT2D eigenvalue weighted by molar-refractivity contribution is 6.06. The van der Waals surface area contributed by atoms with Gasteiger partial charge in [-0.2, -0.15) is 0 Å². The summed E-state index contributed by atoms with van der Waals surface area (Å²) in [6, 6.07) is 13.6. The van der Waals surface area contributed by atoms with Crippen LogP contribution in [0, 0.1) is 0 Å². The maximum Gasteiger partial charge on any atom is 0.252 e. The summed E-state index contributed by atoms with van der Waals surface area (Å²) in [5, 5.41) is 3.89. The molecule has 1 amide bonds. The van der Waals surface area contributed by atoms with Crippen molar-refractivity contribution in [3.63, 3.8) is 0 Å². The number of benzene rings is 1. The summed E-state index contributed by atoms with van der Waals surface area (Å²) in [5.41, 5.74) is 3.63. The number of rotatable bonds is 4. The van der Waals surface area contributed by atoms with Crippen molar-refractivity contribution in [2.45, 2.75) is 25.3 Å². The number of nitrogens with zero attached hydrogens (tertiary/aromatic N) is 2. The van der Waals surface area contributed by atoms with Crippen molar-refractivity contribution in [2.24, 2.45) is 0 Å². The summed E-state index contributed by atoms with van der Waals surface area (Å²) >= 11 is 0. The predicted molar refractivity (Wildman–Crippen MR) is 89.1 cm³/mol. The Morgan fingerprint density at radius 1 is 1.17 bits per heavy atom. The predicted octanol–water partition coefficient (Wildman–Crippen LogP) is 3.44. The summed E-state index contributed by atoms with van der Waals surface area (Å²) < 4.78 is 0. The summed E-state index contributed by atoms with van der Waals surface area (Å²) in [6.07, 6.45) is 5.83. The zero-order chi connectivity index (χ0) is 15.6. The van der Waals surface area contributed by atoms with E-state index in [-0.39, 0.29) is 5.91 Å². The number of para-hydroxylation sites is 1. The van der Waals surface area contributed by atoms with E-state index in [0.717, 1.165) is 22.2 Å². The van der Waals surface area contributed by atoms with Crippen LogP contribution in [0.3, 0.4) is 0 Å². The van der Waals surface area contributed by atoms with Crippen LogP contribution in [0.2, 0.25) is 0 Å². The minimum absolute atomic E-state index is 0.0608. The zero-order valence-electron chi connectivity index (χ0n) is 12.7. The molecule has 1 saturated carbocycles. The molecule has 114 valence electrons. The first-order chi connectivity index (χ1) is 11.3. The number of carbonyl (C=O) groups is 1. The highest BCUT2D eigenvalue weighted by atomic mass is 16.1. The van der Waals surface area contributed by atoms with E-state index >= 15 is 0 Å². The third-order valence-electron chi connectivity index (χ3n) is 4.15.